The van der Waals surface area contributed by atoms with Crippen LogP contribution in [0.25, 0.3) is 0 Å². The molecule has 0 saturated carbocycles. The fourth-order valence-corrected chi connectivity index (χ4v) is 3.68. The Labute approximate surface area is 127 Å². The Morgan fingerprint density at radius 1 is 1.19 bits per heavy atom. The Morgan fingerprint density at radius 3 is 2.57 bits per heavy atom. The van der Waals surface area contributed by atoms with E-state index in [-0.39, 0.29) is 5.60 Å². The number of hydrogen-bond donors (Lipinski definition) is 1. The van der Waals surface area contributed by atoms with Crippen LogP contribution in [-0.4, -0.2) is 38.0 Å². The van der Waals surface area contributed by atoms with Crippen molar-refractivity contribution >= 4 is 11.4 Å². The van der Waals surface area contributed by atoms with Crippen molar-refractivity contribution in [2.24, 2.45) is 0 Å². The zero-order chi connectivity index (χ0) is 14.7. The number of anilines is 2. The lowest BCUT2D eigenvalue weighted by atomic mass is 9.83. The van der Waals surface area contributed by atoms with Crippen LogP contribution in [0.1, 0.15) is 32.6 Å². The number of nitrogens with zero attached hydrogens (tertiary/aromatic N) is 1. The van der Waals surface area contributed by atoms with Crippen molar-refractivity contribution in [1.29, 1.82) is 0 Å². The minimum absolute atomic E-state index is 0.0440. The highest BCUT2D eigenvalue weighted by Crippen LogP contribution is 2.37. The molecule has 4 nitrogen and oxygen atoms in total. The molecule has 1 spiro atoms. The fourth-order valence-electron chi connectivity index (χ4n) is 3.68. The highest BCUT2D eigenvalue weighted by molar-refractivity contribution is 5.53. The number of ether oxygens (including phenoxy) is 2. The van der Waals surface area contributed by atoms with Gasteiger partial charge in [0.15, 0.2) is 0 Å². The third-order valence-electron chi connectivity index (χ3n) is 4.88. The minimum atomic E-state index is 0.0440. The van der Waals surface area contributed by atoms with E-state index in [9.17, 15) is 0 Å². The number of nitrogen functional groups attached to an aromatic ring is 1. The molecule has 2 aliphatic rings. The lowest BCUT2D eigenvalue weighted by molar-refractivity contribution is -0.137. The summed E-state index contributed by atoms with van der Waals surface area (Å²) in [6, 6.07) is 8.78. The molecule has 0 amide bonds. The van der Waals surface area contributed by atoms with Crippen molar-refractivity contribution in [2.45, 2.75) is 44.2 Å². The molecule has 3 rings (SSSR count). The lowest BCUT2D eigenvalue weighted by Crippen LogP contribution is -2.51. The maximum atomic E-state index is 6.16. The molecule has 21 heavy (non-hydrogen) atoms. The van der Waals surface area contributed by atoms with Gasteiger partial charge in [-0.25, -0.2) is 0 Å². The predicted octanol–water partition coefficient (Wildman–Crippen LogP) is 2.82. The molecule has 1 aromatic rings. The van der Waals surface area contributed by atoms with Crippen LogP contribution in [0.3, 0.4) is 0 Å². The fraction of sp³-hybridized carbons (Fsp3) is 0.647. The summed E-state index contributed by atoms with van der Waals surface area (Å²) in [6.45, 7) is 5.77. The van der Waals surface area contributed by atoms with Gasteiger partial charge in [-0.15, -0.1) is 0 Å². The standard InChI is InChI=1S/C17H26N2O2/c1-2-19(15-5-3-14(18)4-6-15)16-7-10-21-17(13-16)8-11-20-12-9-17/h3-6,16H,2,7-13,18H2,1H3. The maximum Gasteiger partial charge on any atom is 0.0745 e. The largest absolute Gasteiger partial charge is 0.399 e. The van der Waals surface area contributed by atoms with Gasteiger partial charge >= 0.3 is 0 Å². The van der Waals surface area contributed by atoms with E-state index in [0.29, 0.717) is 6.04 Å². The first-order chi connectivity index (χ1) is 10.2. The molecule has 0 radical (unpaired) electrons. The molecule has 1 unspecified atom stereocenters. The van der Waals surface area contributed by atoms with E-state index in [4.69, 9.17) is 15.2 Å². The molecule has 0 bridgehead atoms. The second-order valence-corrected chi connectivity index (χ2v) is 6.17. The number of hydrogen-bond acceptors (Lipinski definition) is 4. The summed E-state index contributed by atoms with van der Waals surface area (Å²) in [4.78, 5) is 2.50. The van der Waals surface area contributed by atoms with Gasteiger partial charge in [0.05, 0.1) is 5.60 Å². The van der Waals surface area contributed by atoms with E-state index in [1.807, 2.05) is 12.1 Å². The first-order valence-electron chi connectivity index (χ1n) is 8.06. The smallest absolute Gasteiger partial charge is 0.0745 e. The molecule has 0 aromatic heterocycles. The van der Waals surface area contributed by atoms with Crippen molar-refractivity contribution in [3.63, 3.8) is 0 Å². The van der Waals surface area contributed by atoms with Gasteiger partial charge in [0.25, 0.3) is 0 Å². The third kappa shape index (κ3) is 3.16. The average molecular weight is 290 g/mol. The highest BCUT2D eigenvalue weighted by Gasteiger charge is 2.40. The summed E-state index contributed by atoms with van der Waals surface area (Å²) in [6.07, 6.45) is 4.26. The molecular formula is C17H26N2O2. The van der Waals surface area contributed by atoms with Gasteiger partial charge in [0.2, 0.25) is 0 Å². The van der Waals surface area contributed by atoms with Crippen molar-refractivity contribution < 1.29 is 9.47 Å². The van der Waals surface area contributed by atoms with Gasteiger partial charge in [0.1, 0.15) is 0 Å². The monoisotopic (exact) mass is 290 g/mol. The van der Waals surface area contributed by atoms with Gasteiger partial charge in [-0.2, -0.15) is 0 Å². The molecule has 2 fully saturated rings. The summed E-state index contributed by atoms with van der Waals surface area (Å²) in [5, 5.41) is 0. The topological polar surface area (TPSA) is 47.7 Å². The van der Waals surface area contributed by atoms with Crippen LogP contribution < -0.4 is 10.6 Å². The summed E-state index contributed by atoms with van der Waals surface area (Å²) in [5.74, 6) is 0. The normalized spacial score (nSPS) is 24.9. The van der Waals surface area contributed by atoms with Gasteiger partial charge in [0, 0.05) is 43.8 Å². The van der Waals surface area contributed by atoms with Crippen molar-refractivity contribution in [3.8, 4) is 0 Å². The molecule has 116 valence electrons. The Balaban J connectivity index is 1.75. The Morgan fingerprint density at radius 2 is 1.90 bits per heavy atom. The van der Waals surface area contributed by atoms with Crippen LogP contribution in [0.2, 0.25) is 0 Å². The number of benzene rings is 1. The number of nitrogens with two attached hydrogens (primary N) is 1. The summed E-state index contributed by atoms with van der Waals surface area (Å²) in [5.41, 5.74) is 7.94. The van der Waals surface area contributed by atoms with Gasteiger partial charge < -0.3 is 20.1 Å². The average Bonchev–Trinajstić information content (AvgIpc) is 2.51. The van der Waals surface area contributed by atoms with Gasteiger partial charge in [-0.05, 0) is 56.9 Å². The summed E-state index contributed by atoms with van der Waals surface area (Å²) in [7, 11) is 0. The minimum Gasteiger partial charge on any atom is -0.399 e. The van der Waals surface area contributed by atoms with E-state index in [1.54, 1.807) is 0 Å². The molecule has 1 aromatic carbocycles. The van der Waals surface area contributed by atoms with E-state index in [2.05, 4.69) is 24.0 Å². The van der Waals surface area contributed by atoms with Crippen LogP contribution in [0, 0.1) is 0 Å². The van der Waals surface area contributed by atoms with Crippen molar-refractivity contribution in [2.75, 3.05) is 37.0 Å². The van der Waals surface area contributed by atoms with Crippen molar-refractivity contribution in [1.82, 2.24) is 0 Å². The first kappa shape index (κ1) is 14.7. The van der Waals surface area contributed by atoms with Gasteiger partial charge in [-0.3, -0.25) is 0 Å². The molecule has 2 saturated heterocycles. The molecule has 2 heterocycles. The van der Waals surface area contributed by atoms with E-state index in [0.717, 1.165) is 57.7 Å². The van der Waals surface area contributed by atoms with Crippen LogP contribution in [-0.2, 0) is 9.47 Å². The SMILES string of the molecule is CCN(c1ccc(N)cc1)C1CCOC2(CCOCC2)C1. The summed E-state index contributed by atoms with van der Waals surface area (Å²) >= 11 is 0. The van der Waals surface area contributed by atoms with Crippen LogP contribution in [0.4, 0.5) is 11.4 Å². The van der Waals surface area contributed by atoms with Crippen LogP contribution in [0.5, 0.6) is 0 Å². The maximum absolute atomic E-state index is 6.16. The quantitative estimate of drug-likeness (QED) is 0.870. The van der Waals surface area contributed by atoms with Crippen LogP contribution >= 0.6 is 0 Å². The van der Waals surface area contributed by atoms with E-state index < -0.39 is 0 Å². The Kier molecular flexibility index (Phi) is 4.36. The van der Waals surface area contributed by atoms with Gasteiger partial charge in [-0.1, -0.05) is 0 Å². The highest BCUT2D eigenvalue weighted by atomic mass is 16.5. The third-order valence-corrected chi connectivity index (χ3v) is 4.88. The molecular weight excluding hydrogens is 264 g/mol. The molecule has 2 aliphatic heterocycles. The molecule has 0 aliphatic carbocycles. The zero-order valence-corrected chi connectivity index (χ0v) is 12.9. The predicted molar refractivity (Wildman–Crippen MR) is 85.6 cm³/mol. The Hall–Kier alpha value is -1.26. The second-order valence-electron chi connectivity index (χ2n) is 6.17. The molecule has 1 atom stereocenters. The summed E-state index contributed by atoms with van der Waals surface area (Å²) < 4.78 is 11.7. The van der Waals surface area contributed by atoms with E-state index >= 15 is 0 Å². The molecule has 2 N–H and O–H groups in total. The number of rotatable bonds is 3. The second kappa shape index (κ2) is 6.24. The van der Waals surface area contributed by atoms with E-state index in [1.165, 1.54) is 5.69 Å². The van der Waals surface area contributed by atoms with Crippen molar-refractivity contribution in [3.05, 3.63) is 24.3 Å². The zero-order valence-electron chi connectivity index (χ0n) is 12.9. The van der Waals surface area contributed by atoms with Crippen LogP contribution in [0.15, 0.2) is 24.3 Å². The lowest BCUT2D eigenvalue weighted by Gasteiger charge is -2.47. The first-order valence-corrected chi connectivity index (χ1v) is 8.06. The molecule has 4 heteroatoms. The Bertz CT molecular complexity index is 449.